The van der Waals surface area contributed by atoms with Crippen LogP contribution in [0.1, 0.15) is 25.5 Å². The molecule has 1 N–H and O–H groups in total. The molecule has 1 amide bonds. The van der Waals surface area contributed by atoms with Gasteiger partial charge < -0.3 is 24.6 Å². The highest BCUT2D eigenvalue weighted by Crippen LogP contribution is 2.29. The van der Waals surface area contributed by atoms with Crippen molar-refractivity contribution in [2.24, 2.45) is 0 Å². The SMILES string of the molecule is CCOc1ccc(OCC(=O)Nc2ccc3nc(N4CCC(N(C)C)CC4)nc(C)c3c2)c(Cl)c1. The van der Waals surface area contributed by atoms with E-state index >= 15 is 0 Å². The summed E-state index contributed by atoms with van der Waals surface area (Å²) in [6.45, 7) is 6.15. The van der Waals surface area contributed by atoms with E-state index in [2.05, 4.69) is 29.2 Å². The Labute approximate surface area is 211 Å². The Hall–Kier alpha value is -3.10. The lowest BCUT2D eigenvalue weighted by molar-refractivity contribution is -0.118. The van der Waals surface area contributed by atoms with E-state index in [4.69, 9.17) is 31.0 Å². The van der Waals surface area contributed by atoms with Gasteiger partial charge in [0.25, 0.3) is 5.91 Å². The van der Waals surface area contributed by atoms with Crippen LogP contribution in [0, 0.1) is 6.92 Å². The Morgan fingerprint density at radius 3 is 2.60 bits per heavy atom. The van der Waals surface area contributed by atoms with E-state index in [-0.39, 0.29) is 12.5 Å². The lowest BCUT2D eigenvalue weighted by Crippen LogP contribution is -2.42. The molecule has 1 aliphatic rings. The molecule has 1 saturated heterocycles. The number of ether oxygens (including phenoxy) is 2. The van der Waals surface area contributed by atoms with E-state index in [0.717, 1.165) is 48.5 Å². The number of carbonyl (C=O) groups is 1. The number of aryl methyl sites for hydroxylation is 1. The molecule has 0 radical (unpaired) electrons. The second-order valence-corrected chi connectivity index (χ2v) is 9.29. The van der Waals surface area contributed by atoms with E-state index in [0.29, 0.717) is 34.9 Å². The maximum absolute atomic E-state index is 12.5. The molecule has 2 aromatic carbocycles. The highest BCUT2D eigenvalue weighted by molar-refractivity contribution is 6.32. The number of aromatic nitrogens is 2. The van der Waals surface area contributed by atoms with Crippen molar-refractivity contribution in [3.63, 3.8) is 0 Å². The molecule has 0 bridgehead atoms. The van der Waals surface area contributed by atoms with Crippen LogP contribution in [0.25, 0.3) is 10.9 Å². The molecule has 1 fully saturated rings. The molecule has 186 valence electrons. The van der Waals surface area contributed by atoms with Crippen molar-refractivity contribution < 1.29 is 14.3 Å². The minimum atomic E-state index is -0.284. The number of anilines is 2. The van der Waals surface area contributed by atoms with Crippen LogP contribution in [0.15, 0.2) is 36.4 Å². The number of nitrogens with zero attached hydrogens (tertiary/aromatic N) is 4. The smallest absolute Gasteiger partial charge is 0.262 e. The standard InChI is InChI=1S/C26H32ClN5O3/c1-5-34-20-7-9-24(22(27)15-20)35-16-25(33)29-18-6-8-23-21(14-18)17(2)28-26(30-23)32-12-10-19(11-13-32)31(3)4/h6-9,14-15,19H,5,10-13,16H2,1-4H3,(H,29,33). The Bertz CT molecular complexity index is 1200. The normalized spacial score (nSPS) is 14.4. The molecule has 3 aromatic rings. The summed E-state index contributed by atoms with van der Waals surface area (Å²) in [5.74, 6) is 1.57. The van der Waals surface area contributed by atoms with Gasteiger partial charge in [0, 0.05) is 36.3 Å². The number of amides is 1. The van der Waals surface area contributed by atoms with Gasteiger partial charge in [-0.05, 0) is 71.1 Å². The maximum atomic E-state index is 12.5. The fourth-order valence-corrected chi connectivity index (χ4v) is 4.49. The van der Waals surface area contributed by atoms with Crippen molar-refractivity contribution in [1.82, 2.24) is 14.9 Å². The molecule has 9 heteroatoms. The summed E-state index contributed by atoms with van der Waals surface area (Å²) >= 11 is 6.23. The van der Waals surface area contributed by atoms with Gasteiger partial charge in [-0.1, -0.05) is 11.6 Å². The van der Waals surface area contributed by atoms with Crippen molar-refractivity contribution in [2.45, 2.75) is 32.7 Å². The number of rotatable bonds is 8. The van der Waals surface area contributed by atoms with Gasteiger partial charge in [0.1, 0.15) is 11.5 Å². The number of halogens is 1. The molecule has 8 nitrogen and oxygen atoms in total. The zero-order valence-corrected chi connectivity index (χ0v) is 21.4. The number of hydrogen-bond acceptors (Lipinski definition) is 7. The van der Waals surface area contributed by atoms with Crippen LogP contribution >= 0.6 is 11.6 Å². The molecule has 0 aliphatic carbocycles. The summed E-state index contributed by atoms with van der Waals surface area (Å²) < 4.78 is 11.0. The zero-order chi connectivity index (χ0) is 24.9. The van der Waals surface area contributed by atoms with Crippen molar-refractivity contribution in [1.29, 1.82) is 0 Å². The quantitative estimate of drug-likeness (QED) is 0.489. The largest absolute Gasteiger partial charge is 0.494 e. The molecular formula is C26H32ClN5O3. The van der Waals surface area contributed by atoms with Crippen molar-refractivity contribution in [3.8, 4) is 11.5 Å². The Morgan fingerprint density at radius 2 is 1.91 bits per heavy atom. The topological polar surface area (TPSA) is 79.8 Å². The van der Waals surface area contributed by atoms with Crippen molar-refractivity contribution >= 4 is 40.0 Å². The molecular weight excluding hydrogens is 466 g/mol. The summed E-state index contributed by atoms with van der Waals surface area (Å²) in [6.07, 6.45) is 2.20. The third kappa shape index (κ3) is 6.13. The second-order valence-electron chi connectivity index (χ2n) is 8.88. The second kappa shape index (κ2) is 11.1. The molecule has 4 rings (SSSR count). The van der Waals surface area contributed by atoms with Gasteiger partial charge in [-0.3, -0.25) is 4.79 Å². The highest BCUT2D eigenvalue weighted by Gasteiger charge is 2.23. The van der Waals surface area contributed by atoms with E-state index in [1.807, 2.05) is 32.0 Å². The number of benzene rings is 2. The first kappa shape index (κ1) is 25.0. The van der Waals surface area contributed by atoms with Crippen LogP contribution < -0.4 is 19.7 Å². The number of nitrogens with one attached hydrogen (secondary N) is 1. The highest BCUT2D eigenvalue weighted by atomic mass is 35.5. The Morgan fingerprint density at radius 1 is 1.14 bits per heavy atom. The van der Waals surface area contributed by atoms with Crippen LogP contribution in [-0.2, 0) is 4.79 Å². The first-order valence-electron chi connectivity index (χ1n) is 11.9. The summed E-state index contributed by atoms with van der Waals surface area (Å²) in [5, 5.41) is 4.17. The van der Waals surface area contributed by atoms with Gasteiger partial charge in [0.15, 0.2) is 6.61 Å². The molecule has 1 aromatic heterocycles. The molecule has 35 heavy (non-hydrogen) atoms. The minimum absolute atomic E-state index is 0.164. The molecule has 0 spiro atoms. The lowest BCUT2D eigenvalue weighted by atomic mass is 10.0. The predicted molar refractivity (Wildman–Crippen MR) is 140 cm³/mol. The number of fused-ring (bicyclic) bond motifs is 1. The lowest BCUT2D eigenvalue weighted by Gasteiger charge is -2.35. The number of hydrogen-bond donors (Lipinski definition) is 1. The van der Waals surface area contributed by atoms with E-state index < -0.39 is 0 Å². The van der Waals surface area contributed by atoms with Crippen molar-refractivity contribution in [2.75, 3.05) is 50.6 Å². The van der Waals surface area contributed by atoms with Crippen LogP contribution in [-0.4, -0.2) is 67.2 Å². The summed E-state index contributed by atoms with van der Waals surface area (Å²) in [5.41, 5.74) is 2.40. The summed E-state index contributed by atoms with van der Waals surface area (Å²) in [4.78, 5) is 26.6. The third-order valence-electron chi connectivity index (χ3n) is 6.21. The van der Waals surface area contributed by atoms with Crippen LogP contribution in [0.5, 0.6) is 11.5 Å². The third-order valence-corrected chi connectivity index (χ3v) is 6.50. The van der Waals surface area contributed by atoms with Gasteiger partial charge in [0.2, 0.25) is 5.95 Å². The molecule has 0 saturated carbocycles. The number of piperidine rings is 1. The van der Waals surface area contributed by atoms with Crippen LogP contribution in [0.2, 0.25) is 5.02 Å². The first-order chi connectivity index (χ1) is 16.8. The van der Waals surface area contributed by atoms with Gasteiger partial charge in [0.05, 0.1) is 22.8 Å². The molecule has 0 atom stereocenters. The first-order valence-corrected chi connectivity index (χ1v) is 12.3. The minimum Gasteiger partial charge on any atom is -0.494 e. The monoisotopic (exact) mass is 497 g/mol. The van der Waals surface area contributed by atoms with Gasteiger partial charge in [-0.2, -0.15) is 0 Å². The molecule has 2 heterocycles. The Kier molecular flexibility index (Phi) is 7.93. The average Bonchev–Trinajstić information content (AvgIpc) is 2.84. The van der Waals surface area contributed by atoms with E-state index in [1.165, 1.54) is 0 Å². The molecule has 0 unspecified atom stereocenters. The van der Waals surface area contributed by atoms with Gasteiger partial charge >= 0.3 is 0 Å². The van der Waals surface area contributed by atoms with E-state index in [1.54, 1.807) is 18.2 Å². The molecule has 1 aliphatic heterocycles. The van der Waals surface area contributed by atoms with Gasteiger partial charge in [-0.15, -0.1) is 0 Å². The summed E-state index contributed by atoms with van der Waals surface area (Å²) in [6, 6.07) is 11.4. The average molecular weight is 498 g/mol. The number of carbonyl (C=O) groups excluding carboxylic acids is 1. The Balaban J connectivity index is 1.39. The fraction of sp³-hybridized carbons (Fsp3) is 0.423. The van der Waals surface area contributed by atoms with Crippen LogP contribution in [0.4, 0.5) is 11.6 Å². The maximum Gasteiger partial charge on any atom is 0.262 e. The van der Waals surface area contributed by atoms with E-state index in [9.17, 15) is 4.79 Å². The van der Waals surface area contributed by atoms with Crippen LogP contribution in [0.3, 0.4) is 0 Å². The predicted octanol–water partition coefficient (Wildman–Crippen LogP) is 4.54. The summed E-state index contributed by atoms with van der Waals surface area (Å²) in [7, 11) is 4.27. The van der Waals surface area contributed by atoms with Gasteiger partial charge in [-0.25, -0.2) is 9.97 Å². The fourth-order valence-electron chi connectivity index (χ4n) is 4.26. The van der Waals surface area contributed by atoms with Crippen molar-refractivity contribution in [3.05, 3.63) is 47.1 Å². The zero-order valence-electron chi connectivity index (χ0n) is 20.7.